The van der Waals surface area contributed by atoms with Gasteiger partial charge in [-0.3, -0.25) is 4.79 Å². The van der Waals surface area contributed by atoms with E-state index in [-0.39, 0.29) is 24.5 Å². The summed E-state index contributed by atoms with van der Waals surface area (Å²) in [5.41, 5.74) is -1.46. The molecule has 0 spiro atoms. The van der Waals surface area contributed by atoms with E-state index in [0.717, 1.165) is 0 Å². The first kappa shape index (κ1) is 22.7. The predicted octanol–water partition coefficient (Wildman–Crippen LogP) is 1.68. The minimum absolute atomic E-state index is 0.0508. The topological polar surface area (TPSA) is 145 Å². The van der Waals surface area contributed by atoms with E-state index in [2.05, 4.69) is 15.3 Å². The third-order valence-electron chi connectivity index (χ3n) is 4.48. The molecule has 0 aromatic carbocycles. The van der Waals surface area contributed by atoms with Gasteiger partial charge in [0.2, 0.25) is 5.91 Å². The van der Waals surface area contributed by atoms with Crippen molar-refractivity contribution in [2.24, 2.45) is 5.41 Å². The van der Waals surface area contributed by atoms with E-state index in [1.54, 1.807) is 20.8 Å². The molecular weight excluding hydrogens is 380 g/mol. The van der Waals surface area contributed by atoms with Crippen LogP contribution in [0.15, 0.2) is 6.20 Å². The number of β-amino-alcohol motifs (C(OH)–C–C–N with tert-alkyl or cyclic N) is 1. The number of hydrogen-bond donors (Lipinski definition) is 4. The Labute approximate surface area is 169 Å². The number of aliphatic hydroxyl groups is 1. The molecule has 10 nitrogen and oxygen atoms in total. The Hall–Kier alpha value is -2.62. The zero-order valence-electron chi connectivity index (χ0n) is 17.6. The number of hydrogen-bond acceptors (Lipinski definition) is 6. The number of H-pyrrole nitrogens is 1. The molecule has 0 radical (unpaired) electrons. The number of carboxylic acids is 1. The number of aliphatic hydroxyl groups excluding tert-OH is 1. The SMILES string of the molecule is CC(C)(C)OC(=O)N[C@H](C(=O)N1C[C@H](O)C[C@H]1c1ncc(C(=O)O)[nH]1)C(C)(C)C. The lowest BCUT2D eigenvalue weighted by atomic mass is 9.85. The number of imidazole rings is 1. The minimum atomic E-state index is -1.17. The van der Waals surface area contributed by atoms with Crippen molar-refractivity contribution in [3.8, 4) is 0 Å². The Morgan fingerprint density at radius 2 is 1.90 bits per heavy atom. The number of carbonyl (C=O) groups excluding carboxylic acids is 2. The van der Waals surface area contributed by atoms with Gasteiger partial charge in [-0.1, -0.05) is 20.8 Å². The number of carboxylic acid groups (broad SMARTS) is 1. The van der Waals surface area contributed by atoms with Gasteiger partial charge in [0.05, 0.1) is 18.3 Å². The summed E-state index contributed by atoms with van der Waals surface area (Å²) in [6.07, 6.45) is -0.120. The van der Waals surface area contributed by atoms with E-state index in [0.29, 0.717) is 0 Å². The van der Waals surface area contributed by atoms with Crippen LogP contribution in [-0.2, 0) is 9.53 Å². The molecule has 1 aliphatic rings. The Kier molecular flexibility index (Phi) is 6.27. The third kappa shape index (κ3) is 5.69. The van der Waals surface area contributed by atoms with Crippen molar-refractivity contribution < 1.29 is 29.3 Å². The van der Waals surface area contributed by atoms with Crippen LogP contribution in [0.25, 0.3) is 0 Å². The van der Waals surface area contributed by atoms with Gasteiger partial charge in [0.1, 0.15) is 23.2 Å². The Bertz CT molecular complexity index is 776. The van der Waals surface area contributed by atoms with Gasteiger partial charge in [0.15, 0.2) is 0 Å². The molecule has 4 N–H and O–H groups in total. The zero-order chi connectivity index (χ0) is 22.1. The fourth-order valence-corrected chi connectivity index (χ4v) is 3.17. The minimum Gasteiger partial charge on any atom is -0.477 e. The highest BCUT2D eigenvalue weighted by Gasteiger charge is 2.44. The van der Waals surface area contributed by atoms with Crippen molar-refractivity contribution in [2.45, 2.75) is 71.8 Å². The van der Waals surface area contributed by atoms with Gasteiger partial charge in [-0.05, 0) is 26.2 Å². The lowest BCUT2D eigenvalue weighted by Crippen LogP contribution is -2.55. The second-order valence-corrected chi connectivity index (χ2v) is 9.33. The number of ether oxygens (including phenoxy) is 1. The molecule has 1 aromatic rings. The van der Waals surface area contributed by atoms with Crippen LogP contribution in [0.5, 0.6) is 0 Å². The predicted molar refractivity (Wildman–Crippen MR) is 103 cm³/mol. The number of alkyl carbamates (subject to hydrolysis) is 1. The maximum Gasteiger partial charge on any atom is 0.408 e. The average molecular weight is 410 g/mol. The van der Waals surface area contributed by atoms with Gasteiger partial charge < -0.3 is 30.2 Å². The summed E-state index contributed by atoms with van der Waals surface area (Å²) in [5, 5.41) is 21.9. The van der Waals surface area contributed by atoms with Crippen molar-refractivity contribution in [2.75, 3.05) is 6.54 Å². The third-order valence-corrected chi connectivity index (χ3v) is 4.48. The summed E-state index contributed by atoms with van der Waals surface area (Å²) >= 11 is 0. The molecule has 1 fully saturated rings. The standard InChI is InChI=1S/C19H30N4O6/c1-18(2,3)13(22-17(28)29-19(4,5)6)15(25)23-9-10(24)7-12(23)14-20-8-11(21-14)16(26)27/h8,10,12-13,24H,7,9H2,1-6H3,(H,20,21)(H,22,28)(H,26,27)/t10-,12+,13-/m1/s1. The van der Waals surface area contributed by atoms with Crippen molar-refractivity contribution >= 4 is 18.0 Å². The van der Waals surface area contributed by atoms with Crippen molar-refractivity contribution in [1.82, 2.24) is 20.2 Å². The number of nitrogens with zero attached hydrogens (tertiary/aromatic N) is 2. The van der Waals surface area contributed by atoms with E-state index < -0.39 is 47.2 Å². The number of aromatic amines is 1. The van der Waals surface area contributed by atoms with Crippen LogP contribution >= 0.6 is 0 Å². The average Bonchev–Trinajstić information content (AvgIpc) is 3.15. The normalized spacial score (nSPS) is 21.0. The second-order valence-electron chi connectivity index (χ2n) is 9.33. The molecule has 2 amide bonds. The van der Waals surface area contributed by atoms with Crippen molar-refractivity contribution in [1.29, 1.82) is 0 Å². The molecule has 1 aromatic heterocycles. The first-order valence-corrected chi connectivity index (χ1v) is 9.45. The molecule has 0 unspecified atom stereocenters. The number of carbonyl (C=O) groups is 3. The zero-order valence-corrected chi connectivity index (χ0v) is 17.6. The fraction of sp³-hybridized carbons (Fsp3) is 0.684. The fourth-order valence-electron chi connectivity index (χ4n) is 3.17. The molecule has 0 aliphatic carbocycles. The van der Waals surface area contributed by atoms with Gasteiger partial charge in [0, 0.05) is 13.0 Å². The van der Waals surface area contributed by atoms with Crippen LogP contribution in [-0.4, -0.2) is 67.3 Å². The highest BCUT2D eigenvalue weighted by Crippen LogP contribution is 2.33. The quantitative estimate of drug-likeness (QED) is 0.591. The number of likely N-dealkylation sites (tertiary alicyclic amines) is 1. The largest absolute Gasteiger partial charge is 0.477 e. The maximum absolute atomic E-state index is 13.3. The number of aromatic carboxylic acids is 1. The van der Waals surface area contributed by atoms with Gasteiger partial charge in [0.25, 0.3) is 0 Å². The lowest BCUT2D eigenvalue weighted by molar-refractivity contribution is -0.137. The highest BCUT2D eigenvalue weighted by molar-refractivity contribution is 5.87. The van der Waals surface area contributed by atoms with Crippen LogP contribution in [0, 0.1) is 5.41 Å². The van der Waals surface area contributed by atoms with E-state index in [9.17, 15) is 19.5 Å². The van der Waals surface area contributed by atoms with Crippen molar-refractivity contribution in [3.63, 3.8) is 0 Å². The summed E-state index contributed by atoms with van der Waals surface area (Å²) in [4.78, 5) is 44.9. The van der Waals surface area contributed by atoms with Gasteiger partial charge >= 0.3 is 12.1 Å². The Morgan fingerprint density at radius 1 is 1.28 bits per heavy atom. The molecule has 3 atom stereocenters. The second kappa shape index (κ2) is 8.02. The summed E-state index contributed by atoms with van der Waals surface area (Å²) in [5.74, 6) is -1.30. The van der Waals surface area contributed by atoms with Crippen LogP contribution in [0.2, 0.25) is 0 Å². The molecule has 0 bridgehead atoms. The monoisotopic (exact) mass is 410 g/mol. The summed E-state index contributed by atoms with van der Waals surface area (Å²) in [6, 6.07) is -1.55. The van der Waals surface area contributed by atoms with E-state index in [1.165, 1.54) is 11.1 Å². The van der Waals surface area contributed by atoms with E-state index >= 15 is 0 Å². The smallest absolute Gasteiger partial charge is 0.408 e. The maximum atomic E-state index is 13.3. The van der Waals surface area contributed by atoms with Crippen LogP contribution in [0.1, 0.15) is 70.3 Å². The van der Waals surface area contributed by atoms with Crippen molar-refractivity contribution in [3.05, 3.63) is 17.7 Å². The molecule has 1 aliphatic heterocycles. The van der Waals surface area contributed by atoms with E-state index in [1.807, 2.05) is 20.8 Å². The lowest BCUT2D eigenvalue weighted by Gasteiger charge is -2.35. The Morgan fingerprint density at radius 3 is 2.38 bits per heavy atom. The highest BCUT2D eigenvalue weighted by atomic mass is 16.6. The molecule has 10 heteroatoms. The molecule has 2 heterocycles. The molecule has 162 valence electrons. The van der Waals surface area contributed by atoms with Crippen LogP contribution < -0.4 is 5.32 Å². The number of aromatic nitrogens is 2. The van der Waals surface area contributed by atoms with Gasteiger partial charge in [-0.15, -0.1) is 0 Å². The van der Waals surface area contributed by atoms with Gasteiger partial charge in [-0.25, -0.2) is 14.6 Å². The Balaban J connectivity index is 2.27. The number of amides is 2. The van der Waals surface area contributed by atoms with E-state index in [4.69, 9.17) is 9.84 Å². The first-order valence-electron chi connectivity index (χ1n) is 9.45. The summed E-state index contributed by atoms with van der Waals surface area (Å²) < 4.78 is 5.28. The van der Waals surface area contributed by atoms with Crippen LogP contribution in [0.3, 0.4) is 0 Å². The first-order chi connectivity index (χ1) is 13.2. The number of nitrogens with one attached hydrogen (secondary N) is 2. The molecule has 1 saturated heterocycles. The van der Waals surface area contributed by atoms with Gasteiger partial charge in [-0.2, -0.15) is 0 Å². The van der Waals surface area contributed by atoms with Crippen LogP contribution in [0.4, 0.5) is 4.79 Å². The number of rotatable bonds is 4. The summed E-state index contributed by atoms with van der Waals surface area (Å²) in [6.45, 7) is 10.7. The molecule has 0 saturated carbocycles. The molecule has 29 heavy (non-hydrogen) atoms. The summed E-state index contributed by atoms with van der Waals surface area (Å²) in [7, 11) is 0. The molecular formula is C19H30N4O6. The molecule has 2 rings (SSSR count).